The third-order valence-corrected chi connectivity index (χ3v) is 39.7. The summed E-state index contributed by atoms with van der Waals surface area (Å²) in [5, 5.41) is 0. The van der Waals surface area contributed by atoms with Crippen LogP contribution in [0.3, 0.4) is 0 Å². The third-order valence-electron chi connectivity index (χ3n) is 7.09. The van der Waals surface area contributed by atoms with Crippen LogP contribution in [0.15, 0.2) is 41.5 Å². The molecule has 0 aromatic rings. The second-order valence-electron chi connectivity index (χ2n) is 7.89. The predicted molar refractivity (Wildman–Crippen MR) is 105 cm³/mol. The quantitative estimate of drug-likeness (QED) is 0.498. The standard InChI is InChI=1S/C9H13.C5H5.C4H8.2ClH.H3Si.Zr/c1-6-5-7(2)9(4)8(6)3;1-2-4-5-3-1;1-3-4-2;;;;/h6H,1-4H3;1-3H,4H2;1-4H2;2*1H;1H3;. The molecule has 2 aliphatic carbocycles. The predicted octanol–water partition coefficient (Wildman–Crippen LogP) is 5.53. The van der Waals surface area contributed by atoms with Crippen LogP contribution in [0, 0.1) is 5.92 Å². The fraction of sp³-hybridized carbons (Fsp3) is 0.556. The number of hydrogen-bond donors (Lipinski definition) is 0. The maximum absolute atomic E-state index is 2.76. The van der Waals surface area contributed by atoms with Crippen LogP contribution < -0.4 is 0 Å². The van der Waals surface area contributed by atoms with Crippen molar-refractivity contribution in [1.82, 2.24) is 0 Å². The van der Waals surface area contributed by atoms with Crippen molar-refractivity contribution in [3.63, 3.8) is 0 Å². The summed E-state index contributed by atoms with van der Waals surface area (Å²) >= 11 is -2.76. The van der Waals surface area contributed by atoms with Crippen molar-refractivity contribution in [2.24, 2.45) is 5.92 Å². The summed E-state index contributed by atoms with van der Waals surface area (Å²) in [6, 6.07) is 0. The third kappa shape index (κ3) is 2.67. The molecule has 0 bridgehead atoms. The molecule has 125 valence electrons. The Kier molecular flexibility index (Phi) is 6.46. The molecule has 1 atom stereocenters. The molecule has 0 saturated carbocycles. The summed E-state index contributed by atoms with van der Waals surface area (Å²) in [6.07, 6.45) is 11.6. The van der Waals surface area contributed by atoms with Gasteiger partial charge < -0.3 is 0 Å². The molecule has 3 aliphatic rings. The summed E-state index contributed by atoms with van der Waals surface area (Å²) < 4.78 is 7.18. The van der Waals surface area contributed by atoms with Gasteiger partial charge in [0.05, 0.1) is 0 Å². The van der Waals surface area contributed by atoms with E-state index in [-0.39, 0.29) is 24.8 Å². The van der Waals surface area contributed by atoms with E-state index in [4.69, 9.17) is 0 Å². The first-order valence-electron chi connectivity index (χ1n) is 8.33. The Morgan fingerprint density at radius 2 is 1.64 bits per heavy atom. The van der Waals surface area contributed by atoms with E-state index in [0.717, 1.165) is 5.92 Å². The van der Waals surface area contributed by atoms with Crippen LogP contribution in [0.2, 0.25) is 8.26 Å². The van der Waals surface area contributed by atoms with E-state index in [1.165, 1.54) is 26.6 Å². The molecule has 0 spiro atoms. The molecule has 1 aliphatic heterocycles. The van der Waals surface area contributed by atoms with Crippen LogP contribution in [-0.4, -0.2) is 7.37 Å². The maximum Gasteiger partial charge on any atom is -0.147 e. The summed E-state index contributed by atoms with van der Waals surface area (Å²) in [6.45, 7) is 9.70. The van der Waals surface area contributed by atoms with Gasteiger partial charge in [0.1, 0.15) is 0 Å². The van der Waals surface area contributed by atoms with E-state index in [2.05, 4.69) is 45.9 Å². The van der Waals surface area contributed by atoms with E-state index in [1.54, 1.807) is 25.0 Å². The van der Waals surface area contributed by atoms with E-state index in [1.807, 2.05) is 6.56 Å². The Balaban J connectivity index is 0.00000121. The van der Waals surface area contributed by atoms with Gasteiger partial charge in [-0.15, -0.1) is 24.8 Å². The minimum Gasteiger partial charge on any atom is -0.147 e. The Morgan fingerprint density at radius 3 is 2.05 bits per heavy atom. The van der Waals surface area contributed by atoms with Gasteiger partial charge in [0.2, 0.25) is 0 Å². The summed E-state index contributed by atoms with van der Waals surface area (Å²) in [7, 11) is 1.47. The summed E-state index contributed by atoms with van der Waals surface area (Å²) in [4.78, 5) is 0. The molecule has 0 aromatic carbocycles. The fourth-order valence-electron chi connectivity index (χ4n) is 5.62. The van der Waals surface area contributed by atoms with Crippen molar-refractivity contribution < 1.29 is 17.9 Å². The first-order chi connectivity index (χ1) is 9.39. The van der Waals surface area contributed by atoms with Crippen molar-refractivity contribution in [3.05, 3.63) is 41.5 Å². The number of hydrogen-bond acceptors (Lipinski definition) is 0. The average molecular weight is 438 g/mol. The molecular formula is C18H31Cl2SiZr. The Hall–Kier alpha value is 0.640. The smallest absolute Gasteiger partial charge is 0.147 e. The largest absolute Gasteiger partial charge is 0.147 e. The zero-order chi connectivity index (χ0) is 14.6. The average Bonchev–Trinajstić information content (AvgIpc) is 3.11. The molecular weight excluding hydrogens is 406 g/mol. The molecule has 22 heavy (non-hydrogen) atoms. The molecule has 4 heteroatoms. The van der Waals surface area contributed by atoms with Gasteiger partial charge >= 0.3 is 128 Å². The number of rotatable bonds is 2. The Morgan fingerprint density at radius 1 is 1.05 bits per heavy atom. The SMILES string of the molecule is CC1=C(C)C(C)[C]([Zr]2([SiH3])([C]3=CC=CC3)[CH2]CC[CH2]2)=C1C.Cl.Cl. The van der Waals surface area contributed by atoms with E-state index in [0.29, 0.717) is 0 Å². The van der Waals surface area contributed by atoms with Crippen LogP contribution in [0.25, 0.3) is 0 Å². The number of allylic oxidation sites excluding steroid dienone is 8. The molecule has 0 radical (unpaired) electrons. The molecule has 1 unspecified atom stereocenters. The second-order valence-corrected chi connectivity index (χ2v) is 38.8. The van der Waals surface area contributed by atoms with Crippen LogP contribution >= 0.6 is 24.8 Å². The molecule has 3 rings (SSSR count). The number of halogens is 2. The van der Waals surface area contributed by atoms with Crippen molar-refractivity contribution in [2.75, 3.05) is 0 Å². The minimum atomic E-state index is -2.76. The normalized spacial score (nSPS) is 30.6. The topological polar surface area (TPSA) is 0 Å². The first-order valence-corrected chi connectivity index (χ1v) is 22.6. The Bertz CT molecular complexity index is 592. The molecule has 0 amide bonds. The van der Waals surface area contributed by atoms with Gasteiger partial charge in [-0.3, -0.25) is 0 Å². The molecule has 1 saturated heterocycles. The molecule has 1 fully saturated rings. The van der Waals surface area contributed by atoms with Gasteiger partial charge in [0, 0.05) is 0 Å². The van der Waals surface area contributed by atoms with Gasteiger partial charge in [0.15, 0.2) is 0 Å². The zero-order valence-corrected chi connectivity index (χ0v) is 20.8. The second kappa shape index (κ2) is 6.87. The van der Waals surface area contributed by atoms with Crippen LogP contribution in [0.4, 0.5) is 0 Å². The summed E-state index contributed by atoms with van der Waals surface area (Å²) in [5.41, 5.74) is 5.00. The van der Waals surface area contributed by atoms with Crippen molar-refractivity contribution >= 4 is 32.2 Å². The maximum atomic E-state index is 2.54. The Labute approximate surface area is 151 Å². The van der Waals surface area contributed by atoms with Crippen LogP contribution in [0.5, 0.6) is 0 Å². The molecule has 1 heterocycles. The van der Waals surface area contributed by atoms with E-state index in [9.17, 15) is 0 Å². The van der Waals surface area contributed by atoms with Crippen LogP contribution in [-0.2, 0) is 17.9 Å². The van der Waals surface area contributed by atoms with Crippen molar-refractivity contribution in [2.45, 2.75) is 55.2 Å². The first kappa shape index (κ1) is 20.7. The van der Waals surface area contributed by atoms with Crippen molar-refractivity contribution in [3.8, 4) is 0 Å². The van der Waals surface area contributed by atoms with Gasteiger partial charge in [-0.25, -0.2) is 0 Å². The fourth-order valence-corrected chi connectivity index (χ4v) is 37.0. The monoisotopic (exact) mass is 435 g/mol. The van der Waals surface area contributed by atoms with Crippen LogP contribution in [0.1, 0.15) is 47.0 Å². The van der Waals surface area contributed by atoms with Gasteiger partial charge in [-0.05, 0) is 0 Å². The molecule has 0 N–H and O–H groups in total. The van der Waals surface area contributed by atoms with Crippen molar-refractivity contribution in [1.29, 1.82) is 0 Å². The minimum absolute atomic E-state index is 0. The molecule has 0 aromatic heterocycles. The van der Waals surface area contributed by atoms with E-state index >= 15 is 0 Å². The van der Waals surface area contributed by atoms with Gasteiger partial charge in [-0.2, -0.15) is 0 Å². The zero-order valence-electron chi connectivity index (χ0n) is 14.7. The summed E-state index contributed by atoms with van der Waals surface area (Å²) in [5.74, 6) is 0.748. The molecule has 0 nitrogen and oxygen atoms in total. The van der Waals surface area contributed by atoms with E-state index < -0.39 is 17.9 Å². The van der Waals surface area contributed by atoms with Gasteiger partial charge in [0.25, 0.3) is 0 Å². The van der Waals surface area contributed by atoms with Gasteiger partial charge in [-0.1, -0.05) is 0 Å².